The molecule has 0 aliphatic carbocycles. The Morgan fingerprint density at radius 2 is 1.43 bits per heavy atom. The summed E-state index contributed by atoms with van der Waals surface area (Å²) >= 11 is 0. The molecular formula is C25H48O8P2. The van der Waals surface area contributed by atoms with Crippen molar-refractivity contribution in [1.29, 1.82) is 0 Å². The van der Waals surface area contributed by atoms with Crippen molar-refractivity contribution in [2.24, 2.45) is 0 Å². The van der Waals surface area contributed by atoms with E-state index in [1.165, 1.54) is 0 Å². The molecule has 35 heavy (non-hydrogen) atoms. The Balaban J connectivity index is 2.94. The molecule has 0 aromatic rings. The molecule has 0 amide bonds. The molecule has 10 heteroatoms. The Bertz CT molecular complexity index is 709. The van der Waals surface area contributed by atoms with Gasteiger partial charge in [0.15, 0.2) is 11.2 Å². The summed E-state index contributed by atoms with van der Waals surface area (Å²) in [7, 11) is -7.68. The van der Waals surface area contributed by atoms with Crippen molar-refractivity contribution < 1.29 is 36.7 Å². The first-order chi connectivity index (χ1) is 16.6. The fourth-order valence-electron chi connectivity index (χ4n) is 3.83. The molecule has 206 valence electrons. The number of rotatable bonds is 18. The summed E-state index contributed by atoms with van der Waals surface area (Å²) in [6.07, 6.45) is 9.04. The van der Waals surface area contributed by atoms with Gasteiger partial charge in [-0.1, -0.05) is 23.3 Å². The van der Waals surface area contributed by atoms with Gasteiger partial charge in [0.25, 0.3) is 0 Å². The summed E-state index contributed by atoms with van der Waals surface area (Å²) in [6, 6.07) is 0. The molecular weight excluding hydrogens is 490 g/mol. The molecule has 0 saturated carbocycles. The average molecular weight is 539 g/mol. The predicted molar refractivity (Wildman–Crippen MR) is 141 cm³/mol. The van der Waals surface area contributed by atoms with Crippen molar-refractivity contribution in [2.75, 3.05) is 39.6 Å². The summed E-state index contributed by atoms with van der Waals surface area (Å²) in [5.74, 6) is 0. The van der Waals surface area contributed by atoms with Crippen molar-refractivity contribution in [3.05, 3.63) is 23.3 Å². The van der Waals surface area contributed by atoms with Gasteiger partial charge in [-0.3, -0.25) is 9.13 Å². The quantitative estimate of drug-likeness (QED) is 0.129. The van der Waals surface area contributed by atoms with Crippen LogP contribution in [0.3, 0.4) is 0 Å². The minimum atomic E-state index is -3.84. The van der Waals surface area contributed by atoms with Crippen LogP contribution in [0.2, 0.25) is 0 Å². The third kappa shape index (κ3) is 9.83. The highest BCUT2D eigenvalue weighted by Gasteiger charge is 2.61. The molecule has 8 nitrogen and oxygen atoms in total. The fourth-order valence-corrected chi connectivity index (χ4v) is 8.97. The third-order valence-corrected chi connectivity index (χ3v) is 12.5. The van der Waals surface area contributed by atoms with Crippen LogP contribution in [-0.4, -0.2) is 50.8 Å². The first kappa shape index (κ1) is 32.7. The van der Waals surface area contributed by atoms with Crippen LogP contribution in [0.15, 0.2) is 23.3 Å². The van der Waals surface area contributed by atoms with E-state index in [1.807, 2.05) is 13.0 Å². The van der Waals surface area contributed by atoms with Gasteiger partial charge in [-0.25, -0.2) is 0 Å². The molecule has 0 spiro atoms. The van der Waals surface area contributed by atoms with E-state index in [4.69, 9.17) is 27.6 Å². The highest BCUT2D eigenvalue weighted by molar-refractivity contribution is 7.74. The molecule has 0 radical (unpaired) electrons. The molecule has 1 aliphatic heterocycles. The van der Waals surface area contributed by atoms with E-state index in [0.717, 1.165) is 49.9 Å². The number of ether oxygens (including phenoxy) is 2. The molecule has 1 heterocycles. The minimum absolute atomic E-state index is 0.0934. The van der Waals surface area contributed by atoms with E-state index in [9.17, 15) is 9.13 Å². The highest BCUT2D eigenvalue weighted by Crippen LogP contribution is 2.79. The Morgan fingerprint density at radius 1 is 0.886 bits per heavy atom. The number of allylic oxidation sites excluding steroid dienone is 3. The number of hydrogen-bond donors (Lipinski definition) is 0. The smallest absolute Gasteiger partial charge is 0.348 e. The van der Waals surface area contributed by atoms with E-state index in [2.05, 4.69) is 13.0 Å². The molecule has 0 aromatic carbocycles. The first-order valence-electron chi connectivity index (χ1n) is 12.9. The zero-order valence-corrected chi connectivity index (χ0v) is 24.7. The van der Waals surface area contributed by atoms with Gasteiger partial charge in [0, 0.05) is 6.61 Å². The fraction of sp³-hybridized carbons (Fsp3) is 0.840. The molecule has 0 aromatic heterocycles. The first-order valence-corrected chi connectivity index (χ1v) is 16.0. The molecule has 1 unspecified atom stereocenters. The molecule has 1 atom stereocenters. The van der Waals surface area contributed by atoms with Crippen molar-refractivity contribution in [3.63, 3.8) is 0 Å². The Kier molecular flexibility index (Phi) is 15.5. The monoisotopic (exact) mass is 538 g/mol. The molecule has 0 N–H and O–H groups in total. The molecule has 1 saturated heterocycles. The number of hydrogen-bond acceptors (Lipinski definition) is 8. The lowest BCUT2D eigenvalue weighted by Gasteiger charge is -2.39. The van der Waals surface area contributed by atoms with Gasteiger partial charge in [-0.15, -0.1) is 0 Å². The second-order valence-corrected chi connectivity index (χ2v) is 14.2. The Morgan fingerprint density at radius 3 is 1.89 bits per heavy atom. The lowest BCUT2D eigenvalue weighted by Crippen LogP contribution is -2.29. The van der Waals surface area contributed by atoms with Gasteiger partial charge in [-0.2, -0.15) is 0 Å². The summed E-state index contributed by atoms with van der Waals surface area (Å²) < 4.78 is 61.8. The van der Waals surface area contributed by atoms with Crippen LogP contribution in [0.1, 0.15) is 87.0 Å². The lowest BCUT2D eigenvalue weighted by atomic mass is 10.1. The van der Waals surface area contributed by atoms with Crippen LogP contribution in [-0.2, 0) is 36.7 Å². The predicted octanol–water partition coefficient (Wildman–Crippen LogP) is 7.84. The van der Waals surface area contributed by atoms with Crippen molar-refractivity contribution in [3.8, 4) is 0 Å². The van der Waals surface area contributed by atoms with Crippen LogP contribution in [0.4, 0.5) is 0 Å². The van der Waals surface area contributed by atoms with Crippen LogP contribution >= 0.6 is 15.2 Å². The molecule has 1 aliphatic rings. The van der Waals surface area contributed by atoms with Crippen LogP contribution < -0.4 is 0 Å². The maximum atomic E-state index is 13.9. The van der Waals surface area contributed by atoms with Crippen molar-refractivity contribution >= 4 is 15.2 Å². The van der Waals surface area contributed by atoms with E-state index < -0.39 is 20.1 Å². The van der Waals surface area contributed by atoms with Gasteiger partial charge in [0.2, 0.25) is 0 Å². The zero-order chi connectivity index (χ0) is 26.4. The van der Waals surface area contributed by atoms with Gasteiger partial charge in [-0.05, 0) is 87.0 Å². The van der Waals surface area contributed by atoms with Gasteiger partial charge < -0.3 is 27.6 Å². The summed E-state index contributed by atoms with van der Waals surface area (Å²) in [5, 5.41) is 0. The highest BCUT2D eigenvalue weighted by atomic mass is 31.2. The largest absolute Gasteiger partial charge is 0.353 e. The Hall–Kier alpha value is -0.300. The van der Waals surface area contributed by atoms with E-state index >= 15 is 0 Å². The summed E-state index contributed by atoms with van der Waals surface area (Å²) in [6.45, 7) is 14.6. The second-order valence-electron chi connectivity index (χ2n) is 8.83. The minimum Gasteiger partial charge on any atom is -0.353 e. The third-order valence-electron chi connectivity index (χ3n) is 5.88. The van der Waals surface area contributed by atoms with Crippen molar-refractivity contribution in [1.82, 2.24) is 0 Å². The maximum absolute atomic E-state index is 13.9. The standard InChI is InChI=1S/C25H48O8P2/c1-8-30-34(26,31-9-2)25(7,35(27,32-10-3)33-11-4)19-18-22(5)15-14-16-23(6)21-29-24-17-12-13-20-28-24/h16,18,24H,8-15,17,19-21H2,1-7H3/b22-18+,23-16+. The van der Waals surface area contributed by atoms with Gasteiger partial charge in [0.1, 0.15) is 0 Å². The van der Waals surface area contributed by atoms with E-state index in [-0.39, 0.29) is 39.1 Å². The van der Waals surface area contributed by atoms with Gasteiger partial charge >= 0.3 is 15.2 Å². The van der Waals surface area contributed by atoms with Crippen LogP contribution in [0.25, 0.3) is 0 Å². The average Bonchev–Trinajstić information content (AvgIpc) is 2.82. The van der Waals surface area contributed by atoms with Crippen LogP contribution in [0.5, 0.6) is 0 Å². The normalized spacial score (nSPS) is 18.8. The molecule has 0 bridgehead atoms. The second kappa shape index (κ2) is 16.5. The van der Waals surface area contributed by atoms with Crippen molar-refractivity contribution in [2.45, 2.75) is 98.2 Å². The SMILES string of the molecule is CCOP(=O)(OCC)C(C)(C/C=C(\C)CC/C=C(\C)COC1CCCCO1)P(=O)(OCC)OCC. The summed E-state index contributed by atoms with van der Waals surface area (Å²) in [4.78, 5) is -1.47. The maximum Gasteiger partial charge on any atom is 0.348 e. The zero-order valence-electron chi connectivity index (χ0n) is 22.9. The van der Waals surface area contributed by atoms with E-state index in [0.29, 0.717) is 6.61 Å². The molecule has 1 fully saturated rings. The lowest BCUT2D eigenvalue weighted by molar-refractivity contribution is -0.156. The van der Waals surface area contributed by atoms with Crippen LogP contribution in [0, 0.1) is 0 Å². The molecule has 1 rings (SSSR count). The Labute approximate surface area is 213 Å². The topological polar surface area (TPSA) is 89.5 Å². The summed E-state index contributed by atoms with van der Waals surface area (Å²) in [5.41, 5.74) is 2.24. The van der Waals surface area contributed by atoms with Gasteiger partial charge in [0.05, 0.1) is 33.0 Å². The van der Waals surface area contributed by atoms with E-state index in [1.54, 1.807) is 34.6 Å².